The van der Waals surface area contributed by atoms with E-state index in [2.05, 4.69) is 16.4 Å². The molecule has 0 aliphatic heterocycles. The number of carbonyl (C=O) groups is 1. The SMILES string of the molecule is O=C(CSc1nc2ccccc2c(=O)n1Cc1ccc(F)cc1)Nc1ccc2c(c1)CCC2. The highest BCUT2D eigenvalue weighted by Gasteiger charge is 2.15. The average molecular weight is 460 g/mol. The molecule has 0 atom stereocenters. The highest BCUT2D eigenvalue weighted by molar-refractivity contribution is 7.99. The molecule has 0 radical (unpaired) electrons. The summed E-state index contributed by atoms with van der Waals surface area (Å²) in [7, 11) is 0. The van der Waals surface area contributed by atoms with Crippen LogP contribution < -0.4 is 10.9 Å². The van der Waals surface area contributed by atoms with Gasteiger partial charge in [-0.05, 0) is 72.4 Å². The molecule has 0 saturated carbocycles. The van der Waals surface area contributed by atoms with Crippen LogP contribution in [0.4, 0.5) is 10.1 Å². The number of fused-ring (bicyclic) bond motifs is 2. The molecule has 0 unspecified atom stereocenters. The zero-order valence-corrected chi connectivity index (χ0v) is 18.7. The molecule has 1 aliphatic carbocycles. The fourth-order valence-electron chi connectivity index (χ4n) is 4.15. The van der Waals surface area contributed by atoms with Gasteiger partial charge in [0.25, 0.3) is 5.56 Å². The predicted molar refractivity (Wildman–Crippen MR) is 129 cm³/mol. The molecule has 1 amide bonds. The van der Waals surface area contributed by atoms with Crippen LogP contribution in [0.5, 0.6) is 0 Å². The van der Waals surface area contributed by atoms with E-state index in [1.54, 1.807) is 34.9 Å². The van der Waals surface area contributed by atoms with E-state index in [0.717, 1.165) is 30.5 Å². The number of hydrogen-bond donors (Lipinski definition) is 1. The van der Waals surface area contributed by atoms with E-state index in [9.17, 15) is 14.0 Å². The van der Waals surface area contributed by atoms with Crippen LogP contribution in [-0.4, -0.2) is 21.2 Å². The van der Waals surface area contributed by atoms with Crippen molar-refractivity contribution in [3.8, 4) is 0 Å². The largest absolute Gasteiger partial charge is 0.325 e. The van der Waals surface area contributed by atoms with Crippen molar-refractivity contribution in [2.24, 2.45) is 0 Å². The Morgan fingerprint density at radius 3 is 2.67 bits per heavy atom. The van der Waals surface area contributed by atoms with Crippen LogP contribution in [0.2, 0.25) is 0 Å². The fraction of sp³-hybridized carbons (Fsp3) is 0.192. The van der Waals surface area contributed by atoms with Gasteiger partial charge in [0.1, 0.15) is 5.82 Å². The van der Waals surface area contributed by atoms with Crippen molar-refractivity contribution in [1.29, 1.82) is 0 Å². The first kappa shape index (κ1) is 21.4. The average Bonchev–Trinajstić information content (AvgIpc) is 3.29. The molecule has 5 nitrogen and oxygen atoms in total. The Balaban J connectivity index is 1.38. The first-order valence-corrected chi connectivity index (χ1v) is 11.8. The summed E-state index contributed by atoms with van der Waals surface area (Å²) >= 11 is 1.22. The van der Waals surface area contributed by atoms with Gasteiger partial charge in [0.2, 0.25) is 5.91 Å². The van der Waals surface area contributed by atoms with Crippen molar-refractivity contribution >= 4 is 34.3 Å². The van der Waals surface area contributed by atoms with E-state index >= 15 is 0 Å². The molecule has 1 aromatic heterocycles. The standard InChI is InChI=1S/C26H22FN3O2S/c27-20-11-8-17(9-12-20)15-30-25(32)22-6-1-2-7-23(22)29-26(30)33-16-24(31)28-21-13-10-18-4-3-5-19(18)14-21/h1-2,6-14H,3-5,15-16H2,(H,28,31). The minimum Gasteiger partial charge on any atom is -0.325 e. The van der Waals surface area contributed by atoms with Gasteiger partial charge in [-0.15, -0.1) is 0 Å². The molecule has 1 heterocycles. The van der Waals surface area contributed by atoms with Crippen LogP contribution in [-0.2, 0) is 24.2 Å². The number of aromatic nitrogens is 2. The zero-order chi connectivity index (χ0) is 22.8. The number of halogens is 1. The number of rotatable bonds is 6. The quantitative estimate of drug-likeness (QED) is 0.332. The Labute approximate surface area is 194 Å². The molecule has 166 valence electrons. The van der Waals surface area contributed by atoms with E-state index < -0.39 is 0 Å². The van der Waals surface area contributed by atoms with Gasteiger partial charge in [-0.25, -0.2) is 9.37 Å². The summed E-state index contributed by atoms with van der Waals surface area (Å²) in [4.78, 5) is 30.5. The Kier molecular flexibility index (Phi) is 5.96. The third-order valence-electron chi connectivity index (χ3n) is 5.80. The monoisotopic (exact) mass is 459 g/mol. The minimum atomic E-state index is -0.333. The van der Waals surface area contributed by atoms with Gasteiger partial charge >= 0.3 is 0 Å². The smallest absolute Gasteiger partial charge is 0.262 e. The van der Waals surface area contributed by atoms with Crippen molar-refractivity contribution in [3.63, 3.8) is 0 Å². The Morgan fingerprint density at radius 1 is 1.03 bits per heavy atom. The van der Waals surface area contributed by atoms with Crippen molar-refractivity contribution in [1.82, 2.24) is 9.55 Å². The number of benzene rings is 3. The minimum absolute atomic E-state index is 0.116. The highest BCUT2D eigenvalue weighted by atomic mass is 32.2. The molecule has 33 heavy (non-hydrogen) atoms. The summed E-state index contributed by atoms with van der Waals surface area (Å²) in [5, 5.41) is 3.91. The van der Waals surface area contributed by atoms with Crippen LogP contribution in [0.25, 0.3) is 10.9 Å². The number of nitrogens with zero attached hydrogens (tertiary/aromatic N) is 2. The molecule has 3 aromatic carbocycles. The lowest BCUT2D eigenvalue weighted by molar-refractivity contribution is -0.113. The summed E-state index contributed by atoms with van der Waals surface area (Å²) in [6.07, 6.45) is 3.30. The first-order chi connectivity index (χ1) is 16.1. The van der Waals surface area contributed by atoms with Crippen molar-refractivity contribution in [3.05, 3.63) is 99.6 Å². The predicted octanol–water partition coefficient (Wildman–Crippen LogP) is 4.80. The molecule has 0 spiro atoms. The normalized spacial score (nSPS) is 12.6. The Morgan fingerprint density at radius 2 is 1.82 bits per heavy atom. The fourth-order valence-corrected chi connectivity index (χ4v) is 4.94. The van der Waals surface area contributed by atoms with Gasteiger partial charge in [-0.1, -0.05) is 42.1 Å². The molecule has 1 aliphatic rings. The van der Waals surface area contributed by atoms with Crippen molar-refractivity contribution in [2.45, 2.75) is 31.0 Å². The second-order valence-electron chi connectivity index (χ2n) is 8.10. The third kappa shape index (κ3) is 4.68. The van der Waals surface area contributed by atoms with Crippen LogP contribution in [0.3, 0.4) is 0 Å². The number of carbonyl (C=O) groups excluding carboxylic acids is 1. The Hall–Kier alpha value is -3.45. The van der Waals surface area contributed by atoms with Gasteiger partial charge in [-0.2, -0.15) is 0 Å². The van der Waals surface area contributed by atoms with E-state index in [4.69, 9.17) is 0 Å². The molecule has 0 bridgehead atoms. The van der Waals surface area contributed by atoms with Gasteiger partial charge < -0.3 is 5.32 Å². The van der Waals surface area contributed by atoms with Gasteiger partial charge in [0.15, 0.2) is 5.16 Å². The van der Waals surface area contributed by atoms with Gasteiger partial charge in [-0.3, -0.25) is 14.2 Å². The lowest BCUT2D eigenvalue weighted by atomic mass is 10.1. The maximum atomic E-state index is 13.3. The van der Waals surface area contributed by atoms with Crippen molar-refractivity contribution in [2.75, 3.05) is 11.1 Å². The van der Waals surface area contributed by atoms with E-state index in [1.165, 1.54) is 35.0 Å². The lowest BCUT2D eigenvalue weighted by Crippen LogP contribution is -2.25. The van der Waals surface area contributed by atoms with E-state index in [-0.39, 0.29) is 29.6 Å². The summed E-state index contributed by atoms with van der Waals surface area (Å²) in [5.41, 5.74) is 4.61. The molecular formula is C26H22FN3O2S. The first-order valence-electron chi connectivity index (χ1n) is 10.9. The van der Waals surface area contributed by atoms with Crippen LogP contribution in [0, 0.1) is 5.82 Å². The van der Waals surface area contributed by atoms with Crippen LogP contribution in [0.15, 0.2) is 76.7 Å². The number of para-hydroxylation sites is 1. The van der Waals surface area contributed by atoms with E-state index in [1.807, 2.05) is 18.2 Å². The third-order valence-corrected chi connectivity index (χ3v) is 6.77. The maximum Gasteiger partial charge on any atom is 0.262 e. The maximum absolute atomic E-state index is 13.3. The second-order valence-corrected chi connectivity index (χ2v) is 9.05. The number of thioether (sulfide) groups is 1. The summed E-state index contributed by atoms with van der Waals surface area (Å²) < 4.78 is 14.9. The molecular weight excluding hydrogens is 437 g/mol. The zero-order valence-electron chi connectivity index (χ0n) is 17.9. The van der Waals surface area contributed by atoms with E-state index in [0.29, 0.717) is 16.1 Å². The summed E-state index contributed by atoms with van der Waals surface area (Å²) in [6.45, 7) is 0.242. The number of anilines is 1. The highest BCUT2D eigenvalue weighted by Crippen LogP contribution is 2.25. The number of hydrogen-bond acceptors (Lipinski definition) is 4. The number of nitrogens with one attached hydrogen (secondary N) is 1. The lowest BCUT2D eigenvalue weighted by Gasteiger charge is -2.13. The number of aryl methyl sites for hydroxylation is 2. The van der Waals surface area contributed by atoms with Crippen LogP contribution in [0.1, 0.15) is 23.1 Å². The second kappa shape index (κ2) is 9.19. The Bertz CT molecular complexity index is 1400. The topological polar surface area (TPSA) is 64.0 Å². The van der Waals surface area contributed by atoms with Gasteiger partial charge in [0, 0.05) is 5.69 Å². The molecule has 0 fully saturated rings. The van der Waals surface area contributed by atoms with Crippen LogP contribution >= 0.6 is 11.8 Å². The van der Waals surface area contributed by atoms with Crippen molar-refractivity contribution < 1.29 is 9.18 Å². The number of amides is 1. The molecule has 5 rings (SSSR count). The molecule has 1 N–H and O–H groups in total. The molecule has 4 aromatic rings. The summed E-state index contributed by atoms with van der Waals surface area (Å²) in [6, 6.07) is 19.2. The molecule has 0 saturated heterocycles. The summed E-state index contributed by atoms with van der Waals surface area (Å²) in [5.74, 6) is -0.375. The van der Waals surface area contributed by atoms with Gasteiger partial charge in [0.05, 0.1) is 23.2 Å². The molecule has 7 heteroatoms.